The van der Waals surface area contributed by atoms with E-state index in [2.05, 4.69) is 11.1 Å². The summed E-state index contributed by atoms with van der Waals surface area (Å²) in [5.41, 5.74) is 2.83. The zero-order valence-corrected chi connectivity index (χ0v) is 14.9. The topological polar surface area (TPSA) is 57.0 Å². The van der Waals surface area contributed by atoms with Crippen LogP contribution in [0.25, 0.3) is 0 Å². The van der Waals surface area contributed by atoms with Gasteiger partial charge in [0.2, 0.25) is 0 Å². The van der Waals surface area contributed by atoms with Crippen LogP contribution in [0.5, 0.6) is 0 Å². The standard InChI is InChI=1S/C17H19N3OS2/c1-3-9-20(10-8-18)16(21)15-6-4-14(5-7-15)12-23-17-19-13(2)11-22-17/h4-7,11H,3,9-10,12H2,1-2H3. The lowest BCUT2D eigenvalue weighted by Crippen LogP contribution is -2.32. The lowest BCUT2D eigenvalue weighted by Gasteiger charge is -2.18. The molecule has 0 fully saturated rings. The van der Waals surface area contributed by atoms with Gasteiger partial charge in [-0.1, -0.05) is 30.8 Å². The summed E-state index contributed by atoms with van der Waals surface area (Å²) in [6, 6.07) is 9.67. The number of carbonyl (C=O) groups excluding carboxylic acids is 1. The number of aryl methyl sites for hydroxylation is 1. The van der Waals surface area contributed by atoms with Crippen molar-refractivity contribution in [1.82, 2.24) is 9.88 Å². The highest BCUT2D eigenvalue weighted by Crippen LogP contribution is 2.26. The van der Waals surface area contributed by atoms with E-state index >= 15 is 0 Å². The zero-order chi connectivity index (χ0) is 16.7. The Balaban J connectivity index is 1.98. The van der Waals surface area contributed by atoms with Crippen molar-refractivity contribution >= 4 is 29.0 Å². The molecule has 0 saturated heterocycles. The summed E-state index contributed by atoms with van der Waals surface area (Å²) in [7, 11) is 0. The molecule has 0 unspecified atom stereocenters. The van der Waals surface area contributed by atoms with Crippen molar-refractivity contribution in [2.75, 3.05) is 13.1 Å². The van der Waals surface area contributed by atoms with Crippen molar-refractivity contribution in [2.45, 2.75) is 30.4 Å². The lowest BCUT2D eigenvalue weighted by atomic mass is 10.1. The van der Waals surface area contributed by atoms with E-state index < -0.39 is 0 Å². The first-order valence-electron chi connectivity index (χ1n) is 7.44. The van der Waals surface area contributed by atoms with Gasteiger partial charge in [0.1, 0.15) is 10.9 Å². The number of nitriles is 1. The summed E-state index contributed by atoms with van der Waals surface area (Å²) in [6.07, 6.45) is 0.843. The van der Waals surface area contributed by atoms with E-state index in [1.807, 2.05) is 43.5 Å². The molecule has 0 aliphatic heterocycles. The third kappa shape index (κ3) is 5.08. The number of hydrogen-bond donors (Lipinski definition) is 0. The molecule has 4 nitrogen and oxygen atoms in total. The first kappa shape index (κ1) is 17.5. The normalized spacial score (nSPS) is 10.3. The fourth-order valence-electron chi connectivity index (χ4n) is 2.08. The fourth-order valence-corrected chi connectivity index (χ4v) is 3.88. The van der Waals surface area contributed by atoms with Gasteiger partial charge in [-0.25, -0.2) is 4.98 Å². The van der Waals surface area contributed by atoms with Gasteiger partial charge < -0.3 is 4.90 Å². The van der Waals surface area contributed by atoms with E-state index in [9.17, 15) is 4.79 Å². The van der Waals surface area contributed by atoms with Gasteiger partial charge in [0, 0.05) is 28.9 Å². The van der Waals surface area contributed by atoms with Gasteiger partial charge in [-0.2, -0.15) is 5.26 Å². The van der Waals surface area contributed by atoms with Crippen molar-refractivity contribution in [3.63, 3.8) is 0 Å². The maximum Gasteiger partial charge on any atom is 0.254 e. The van der Waals surface area contributed by atoms with Gasteiger partial charge in [-0.3, -0.25) is 4.79 Å². The first-order chi connectivity index (χ1) is 11.1. The molecule has 1 aromatic heterocycles. The molecule has 1 aromatic carbocycles. The summed E-state index contributed by atoms with van der Waals surface area (Å²) in [4.78, 5) is 18.4. The Kier molecular flexibility index (Phi) is 6.63. The molecule has 0 aliphatic rings. The van der Waals surface area contributed by atoms with Crippen LogP contribution < -0.4 is 0 Å². The fraction of sp³-hybridized carbons (Fsp3) is 0.353. The van der Waals surface area contributed by atoms with Crippen molar-refractivity contribution in [2.24, 2.45) is 0 Å². The summed E-state index contributed by atoms with van der Waals surface area (Å²) >= 11 is 3.35. The number of benzene rings is 1. The third-order valence-corrected chi connectivity index (χ3v) is 5.41. The number of amides is 1. The smallest absolute Gasteiger partial charge is 0.254 e. The lowest BCUT2D eigenvalue weighted by molar-refractivity contribution is 0.0776. The summed E-state index contributed by atoms with van der Waals surface area (Å²) in [6.45, 7) is 4.73. The molecular weight excluding hydrogens is 326 g/mol. The van der Waals surface area contributed by atoms with Crippen molar-refractivity contribution in [3.05, 3.63) is 46.5 Å². The van der Waals surface area contributed by atoms with Crippen LogP contribution in [0.2, 0.25) is 0 Å². The molecule has 0 spiro atoms. The van der Waals surface area contributed by atoms with E-state index in [4.69, 9.17) is 5.26 Å². The predicted octanol–water partition coefficient (Wildman–Crippen LogP) is 4.12. The second-order valence-corrected chi connectivity index (χ2v) is 7.21. The number of thiazole rings is 1. The van der Waals surface area contributed by atoms with Crippen LogP contribution in [-0.2, 0) is 5.75 Å². The quantitative estimate of drug-likeness (QED) is 0.559. The molecule has 0 bridgehead atoms. The zero-order valence-electron chi connectivity index (χ0n) is 13.3. The van der Waals surface area contributed by atoms with Crippen molar-refractivity contribution < 1.29 is 4.79 Å². The molecule has 1 heterocycles. The van der Waals surface area contributed by atoms with Gasteiger partial charge >= 0.3 is 0 Å². The maximum atomic E-state index is 12.4. The predicted molar refractivity (Wildman–Crippen MR) is 94.7 cm³/mol. The number of thioether (sulfide) groups is 1. The van der Waals surface area contributed by atoms with Gasteiger partial charge in [-0.15, -0.1) is 11.3 Å². The van der Waals surface area contributed by atoms with Crippen LogP contribution in [0.4, 0.5) is 0 Å². The van der Waals surface area contributed by atoms with Crippen molar-refractivity contribution in [3.8, 4) is 6.07 Å². The summed E-state index contributed by atoms with van der Waals surface area (Å²) in [5.74, 6) is 0.751. The third-order valence-electron chi connectivity index (χ3n) is 3.20. The number of rotatable bonds is 7. The van der Waals surface area contributed by atoms with Crippen LogP contribution in [0.1, 0.15) is 35.0 Å². The highest BCUT2D eigenvalue weighted by atomic mass is 32.2. The Morgan fingerprint density at radius 2 is 2.13 bits per heavy atom. The average Bonchev–Trinajstić information content (AvgIpc) is 2.98. The van der Waals surface area contributed by atoms with Gasteiger partial charge in [0.15, 0.2) is 0 Å². The van der Waals surface area contributed by atoms with Crippen LogP contribution in [0.3, 0.4) is 0 Å². The Labute approximate surface area is 145 Å². The molecular formula is C17H19N3OS2. The minimum atomic E-state index is -0.0804. The van der Waals surface area contributed by atoms with Gasteiger partial charge in [-0.05, 0) is 31.0 Å². The van der Waals surface area contributed by atoms with E-state index in [1.54, 1.807) is 28.0 Å². The minimum Gasteiger partial charge on any atom is -0.325 e. The Hall–Kier alpha value is -1.84. The second kappa shape index (κ2) is 8.70. The molecule has 0 N–H and O–H groups in total. The molecule has 0 atom stereocenters. The Bertz CT molecular complexity index is 689. The largest absolute Gasteiger partial charge is 0.325 e. The van der Waals surface area contributed by atoms with Crippen LogP contribution in [-0.4, -0.2) is 28.9 Å². The molecule has 2 rings (SSSR count). The summed E-state index contributed by atoms with van der Waals surface area (Å²) < 4.78 is 1.06. The average molecular weight is 345 g/mol. The monoisotopic (exact) mass is 345 g/mol. The minimum absolute atomic E-state index is 0.0804. The van der Waals surface area contributed by atoms with Crippen molar-refractivity contribution in [1.29, 1.82) is 5.26 Å². The highest BCUT2D eigenvalue weighted by Gasteiger charge is 2.14. The van der Waals surface area contributed by atoms with E-state index in [-0.39, 0.29) is 12.5 Å². The van der Waals surface area contributed by atoms with E-state index in [1.165, 1.54) is 0 Å². The molecule has 2 aromatic rings. The van der Waals surface area contributed by atoms with Gasteiger partial charge in [0.25, 0.3) is 5.91 Å². The van der Waals surface area contributed by atoms with Gasteiger partial charge in [0.05, 0.1) is 6.07 Å². The highest BCUT2D eigenvalue weighted by molar-refractivity contribution is 8.00. The summed E-state index contributed by atoms with van der Waals surface area (Å²) in [5, 5.41) is 10.9. The number of hydrogen-bond acceptors (Lipinski definition) is 5. The number of carbonyl (C=O) groups is 1. The number of nitrogens with zero attached hydrogens (tertiary/aromatic N) is 3. The molecule has 0 radical (unpaired) electrons. The van der Waals surface area contributed by atoms with Crippen LogP contribution in [0, 0.1) is 18.3 Å². The van der Waals surface area contributed by atoms with E-state index in [0.29, 0.717) is 12.1 Å². The van der Waals surface area contributed by atoms with E-state index in [0.717, 1.165) is 27.8 Å². The Morgan fingerprint density at radius 1 is 1.39 bits per heavy atom. The number of aromatic nitrogens is 1. The first-order valence-corrected chi connectivity index (χ1v) is 9.30. The molecule has 23 heavy (non-hydrogen) atoms. The van der Waals surface area contributed by atoms with Crippen LogP contribution in [0.15, 0.2) is 34.0 Å². The molecule has 6 heteroatoms. The SMILES string of the molecule is CCCN(CC#N)C(=O)c1ccc(CSc2nc(C)cs2)cc1. The second-order valence-electron chi connectivity index (χ2n) is 5.13. The molecule has 1 amide bonds. The Morgan fingerprint density at radius 3 is 2.70 bits per heavy atom. The molecule has 0 saturated carbocycles. The molecule has 0 aliphatic carbocycles. The molecule has 120 valence electrons. The van der Waals surface area contributed by atoms with Crippen LogP contribution >= 0.6 is 23.1 Å². The maximum absolute atomic E-state index is 12.4.